The summed E-state index contributed by atoms with van der Waals surface area (Å²) in [5.74, 6) is 0. The standard InChI is InChI=1S/C26H28N2/c1-25(2,22-10-9-21-17-27-14-11-19(21)15-22)12-13-26(3,4)23-16-20-7-5-6-8-24(20)28-18-23/h5-11,14-18H,12-13H2,1-4H3. The Balaban J connectivity index is 1.56. The maximum absolute atomic E-state index is 4.68. The van der Waals surface area contributed by atoms with E-state index >= 15 is 0 Å². The van der Waals surface area contributed by atoms with Crippen molar-refractivity contribution in [3.63, 3.8) is 0 Å². The summed E-state index contributed by atoms with van der Waals surface area (Å²) in [7, 11) is 0. The molecule has 0 saturated heterocycles. The molecule has 142 valence electrons. The molecule has 4 aromatic rings. The molecule has 0 bridgehead atoms. The summed E-state index contributed by atoms with van der Waals surface area (Å²) >= 11 is 0. The van der Waals surface area contributed by atoms with E-state index in [9.17, 15) is 0 Å². The van der Waals surface area contributed by atoms with Gasteiger partial charge in [0.25, 0.3) is 0 Å². The molecule has 0 radical (unpaired) electrons. The Bertz CT molecular complexity index is 1030. The second-order valence-corrected chi connectivity index (χ2v) is 9.12. The van der Waals surface area contributed by atoms with Gasteiger partial charge in [-0.3, -0.25) is 9.97 Å². The van der Waals surface area contributed by atoms with Crippen LogP contribution in [0.4, 0.5) is 0 Å². The maximum atomic E-state index is 4.68. The van der Waals surface area contributed by atoms with E-state index in [1.807, 2.05) is 18.5 Å². The van der Waals surface area contributed by atoms with Crippen LogP contribution in [0.1, 0.15) is 51.7 Å². The first-order chi connectivity index (χ1) is 13.4. The third-order valence-corrected chi connectivity index (χ3v) is 6.17. The minimum atomic E-state index is 0.0784. The lowest BCUT2D eigenvalue weighted by Crippen LogP contribution is -2.24. The summed E-state index contributed by atoms with van der Waals surface area (Å²) in [6.07, 6.45) is 8.08. The first kappa shape index (κ1) is 18.6. The van der Waals surface area contributed by atoms with E-state index in [1.165, 1.54) is 27.3 Å². The van der Waals surface area contributed by atoms with Crippen LogP contribution in [0.2, 0.25) is 0 Å². The first-order valence-corrected chi connectivity index (χ1v) is 10.0. The number of pyridine rings is 2. The van der Waals surface area contributed by atoms with Crippen molar-refractivity contribution in [1.82, 2.24) is 9.97 Å². The van der Waals surface area contributed by atoms with E-state index < -0.39 is 0 Å². The lowest BCUT2D eigenvalue weighted by molar-refractivity contribution is 0.375. The van der Waals surface area contributed by atoms with Crippen molar-refractivity contribution < 1.29 is 0 Å². The zero-order valence-corrected chi connectivity index (χ0v) is 17.2. The normalized spacial score (nSPS) is 12.6. The number of para-hydroxylation sites is 1. The van der Waals surface area contributed by atoms with Crippen LogP contribution in [0.25, 0.3) is 21.7 Å². The van der Waals surface area contributed by atoms with E-state index in [-0.39, 0.29) is 10.8 Å². The van der Waals surface area contributed by atoms with Gasteiger partial charge in [0.1, 0.15) is 0 Å². The lowest BCUT2D eigenvalue weighted by atomic mass is 9.73. The molecule has 4 rings (SSSR count). The van der Waals surface area contributed by atoms with Crippen molar-refractivity contribution >= 4 is 21.7 Å². The van der Waals surface area contributed by atoms with Crippen LogP contribution in [0.3, 0.4) is 0 Å². The molecule has 2 heteroatoms. The fraction of sp³-hybridized carbons (Fsp3) is 0.308. The van der Waals surface area contributed by atoms with Crippen LogP contribution in [0.5, 0.6) is 0 Å². The van der Waals surface area contributed by atoms with Gasteiger partial charge in [0.05, 0.1) is 5.52 Å². The van der Waals surface area contributed by atoms with Crippen LogP contribution in [-0.2, 0) is 10.8 Å². The number of hydrogen-bond acceptors (Lipinski definition) is 2. The van der Waals surface area contributed by atoms with Gasteiger partial charge in [-0.2, -0.15) is 0 Å². The largest absolute Gasteiger partial charge is 0.264 e. The van der Waals surface area contributed by atoms with Crippen LogP contribution < -0.4 is 0 Å². The third-order valence-electron chi connectivity index (χ3n) is 6.17. The highest BCUT2D eigenvalue weighted by molar-refractivity contribution is 5.82. The number of nitrogens with zero attached hydrogens (tertiary/aromatic N) is 2. The van der Waals surface area contributed by atoms with Gasteiger partial charge in [-0.1, -0.05) is 64.1 Å². The number of aromatic nitrogens is 2. The quantitative estimate of drug-likeness (QED) is 0.386. The van der Waals surface area contributed by atoms with Crippen molar-refractivity contribution in [2.75, 3.05) is 0 Å². The van der Waals surface area contributed by atoms with Crippen LogP contribution in [-0.4, -0.2) is 9.97 Å². The second-order valence-electron chi connectivity index (χ2n) is 9.12. The minimum Gasteiger partial charge on any atom is -0.264 e. The highest BCUT2D eigenvalue weighted by Crippen LogP contribution is 2.37. The second kappa shape index (κ2) is 7.01. The highest BCUT2D eigenvalue weighted by Gasteiger charge is 2.27. The Labute approximate surface area is 167 Å². The van der Waals surface area contributed by atoms with Crippen molar-refractivity contribution in [2.24, 2.45) is 0 Å². The zero-order valence-electron chi connectivity index (χ0n) is 17.2. The van der Waals surface area contributed by atoms with E-state index in [2.05, 4.69) is 92.4 Å². The van der Waals surface area contributed by atoms with Crippen molar-refractivity contribution in [2.45, 2.75) is 51.4 Å². The number of hydrogen-bond donors (Lipinski definition) is 0. The average molecular weight is 369 g/mol. The van der Waals surface area contributed by atoms with Crippen molar-refractivity contribution in [1.29, 1.82) is 0 Å². The summed E-state index contributed by atoms with van der Waals surface area (Å²) in [6, 6.07) is 19.5. The van der Waals surface area contributed by atoms with Gasteiger partial charge in [-0.05, 0) is 58.4 Å². The molecule has 0 saturated carbocycles. The summed E-state index contributed by atoms with van der Waals surface area (Å²) in [5.41, 5.74) is 3.95. The molecule has 0 aliphatic carbocycles. The van der Waals surface area contributed by atoms with E-state index in [0.29, 0.717) is 0 Å². The van der Waals surface area contributed by atoms with Gasteiger partial charge >= 0.3 is 0 Å². The summed E-state index contributed by atoms with van der Waals surface area (Å²) in [4.78, 5) is 8.90. The first-order valence-electron chi connectivity index (χ1n) is 10.0. The maximum Gasteiger partial charge on any atom is 0.0702 e. The fourth-order valence-electron chi connectivity index (χ4n) is 3.86. The molecule has 2 nitrogen and oxygen atoms in total. The topological polar surface area (TPSA) is 25.8 Å². The predicted molar refractivity (Wildman–Crippen MR) is 119 cm³/mol. The molecule has 0 fully saturated rings. The van der Waals surface area contributed by atoms with Gasteiger partial charge in [-0.15, -0.1) is 0 Å². The molecular formula is C26H28N2. The van der Waals surface area contributed by atoms with Gasteiger partial charge < -0.3 is 0 Å². The molecule has 28 heavy (non-hydrogen) atoms. The molecule has 2 aromatic carbocycles. The van der Waals surface area contributed by atoms with E-state index in [1.54, 1.807) is 0 Å². The molecule has 2 heterocycles. The van der Waals surface area contributed by atoms with Gasteiger partial charge in [-0.25, -0.2) is 0 Å². The molecular weight excluding hydrogens is 340 g/mol. The van der Waals surface area contributed by atoms with E-state index in [4.69, 9.17) is 0 Å². The van der Waals surface area contributed by atoms with Gasteiger partial charge in [0.2, 0.25) is 0 Å². The Morgan fingerprint density at radius 2 is 1.39 bits per heavy atom. The molecule has 0 aliphatic heterocycles. The third kappa shape index (κ3) is 3.64. The van der Waals surface area contributed by atoms with Crippen molar-refractivity contribution in [3.8, 4) is 0 Å². The minimum absolute atomic E-state index is 0.0784. The summed E-state index contributed by atoms with van der Waals surface area (Å²) in [5, 5.41) is 3.68. The van der Waals surface area contributed by atoms with Crippen LogP contribution >= 0.6 is 0 Å². The molecule has 2 aromatic heterocycles. The average Bonchev–Trinajstić information content (AvgIpc) is 2.72. The summed E-state index contributed by atoms with van der Waals surface area (Å²) in [6.45, 7) is 9.37. The van der Waals surface area contributed by atoms with Gasteiger partial charge in [0.15, 0.2) is 0 Å². The summed E-state index contributed by atoms with van der Waals surface area (Å²) < 4.78 is 0. The molecule has 0 unspecified atom stereocenters. The van der Waals surface area contributed by atoms with Crippen LogP contribution in [0, 0.1) is 0 Å². The Morgan fingerprint density at radius 1 is 0.679 bits per heavy atom. The lowest BCUT2D eigenvalue weighted by Gasteiger charge is -2.32. The predicted octanol–water partition coefficient (Wildman–Crippen LogP) is 6.82. The monoisotopic (exact) mass is 368 g/mol. The zero-order chi connectivity index (χ0) is 19.8. The Morgan fingerprint density at radius 3 is 2.21 bits per heavy atom. The SMILES string of the molecule is CC(C)(CCC(C)(C)c1cnc2ccccc2c1)c1ccc2cnccc2c1. The molecule has 0 spiro atoms. The van der Waals surface area contributed by atoms with Crippen molar-refractivity contribution in [3.05, 3.63) is 84.3 Å². The van der Waals surface area contributed by atoms with Gasteiger partial charge in [0, 0.05) is 29.4 Å². The molecule has 0 atom stereocenters. The van der Waals surface area contributed by atoms with Crippen LogP contribution in [0.15, 0.2) is 73.2 Å². The number of rotatable bonds is 5. The van der Waals surface area contributed by atoms with E-state index in [0.717, 1.165) is 18.4 Å². The molecule has 0 N–H and O–H groups in total. The molecule has 0 amide bonds. The molecule has 0 aliphatic rings. The number of fused-ring (bicyclic) bond motifs is 2. The Kier molecular flexibility index (Phi) is 4.66. The number of benzene rings is 2. The highest BCUT2D eigenvalue weighted by atomic mass is 14.7. The fourth-order valence-corrected chi connectivity index (χ4v) is 3.86. The Hall–Kier alpha value is -2.74. The smallest absolute Gasteiger partial charge is 0.0702 e.